The number of alkyl halides is 3. The molecule has 5 atom stereocenters. The van der Waals surface area contributed by atoms with Gasteiger partial charge in [0.1, 0.15) is 24.0 Å². The molecule has 2 aromatic carbocycles. The highest BCUT2D eigenvalue weighted by Gasteiger charge is 2.48. The van der Waals surface area contributed by atoms with Crippen LogP contribution in [-0.4, -0.2) is 82.7 Å². The maximum absolute atomic E-state index is 14.5. The summed E-state index contributed by atoms with van der Waals surface area (Å²) in [7, 11) is 1.52. The summed E-state index contributed by atoms with van der Waals surface area (Å²) in [4.78, 5) is 55.2. The number of hydrogen-bond donors (Lipinski definition) is 4. The van der Waals surface area contributed by atoms with Gasteiger partial charge in [-0.15, -0.1) is 0 Å². The van der Waals surface area contributed by atoms with Crippen LogP contribution in [0.4, 0.5) is 18.0 Å². The lowest BCUT2D eigenvalue weighted by molar-refractivity contribution is -0.207. The number of nitrogens with zero attached hydrogens (tertiary/aromatic N) is 1. The molecule has 1 aliphatic rings. The topological polar surface area (TPSA) is 141 Å². The quantitative estimate of drug-likeness (QED) is 0.178. The van der Waals surface area contributed by atoms with E-state index in [-0.39, 0.29) is 32.2 Å². The number of carboxylic acid groups (broad SMARTS) is 1. The second-order valence-electron chi connectivity index (χ2n) is 12.3. The molecule has 0 aliphatic heterocycles. The number of aromatic amines is 1. The second kappa shape index (κ2) is 15.5. The Morgan fingerprint density at radius 3 is 2.45 bits per heavy atom. The molecule has 5 unspecified atom stereocenters. The number of benzene rings is 2. The zero-order valence-corrected chi connectivity index (χ0v) is 26.4. The van der Waals surface area contributed by atoms with Gasteiger partial charge in [-0.05, 0) is 49.8 Å². The number of fused-ring (bicyclic) bond motifs is 1. The first-order valence-electron chi connectivity index (χ1n) is 15.6. The van der Waals surface area contributed by atoms with Gasteiger partial charge in [0.2, 0.25) is 5.91 Å². The van der Waals surface area contributed by atoms with E-state index in [2.05, 4.69) is 15.6 Å². The minimum absolute atomic E-state index is 0.00904. The summed E-state index contributed by atoms with van der Waals surface area (Å²) in [6, 6.07) is 14.7. The zero-order chi connectivity index (χ0) is 34.2. The number of aldehydes is 1. The van der Waals surface area contributed by atoms with Crippen LogP contribution in [0.5, 0.6) is 0 Å². The number of nitrogens with one attached hydrogen (secondary N) is 3. The van der Waals surface area contributed by atoms with E-state index >= 15 is 0 Å². The van der Waals surface area contributed by atoms with Crippen molar-refractivity contribution in [3.05, 3.63) is 71.9 Å². The Morgan fingerprint density at radius 2 is 1.77 bits per heavy atom. The summed E-state index contributed by atoms with van der Waals surface area (Å²) in [6.07, 6.45) is -4.09. The Kier molecular flexibility index (Phi) is 11.7. The second-order valence-corrected chi connectivity index (χ2v) is 12.3. The minimum Gasteiger partial charge on any atom is -0.480 e. The van der Waals surface area contributed by atoms with Gasteiger partial charge >= 0.3 is 18.2 Å². The Bertz CT molecular complexity index is 1530. The van der Waals surface area contributed by atoms with Crippen molar-refractivity contribution in [3.8, 4) is 0 Å². The summed E-state index contributed by atoms with van der Waals surface area (Å²) < 4.78 is 46.7. The van der Waals surface area contributed by atoms with Gasteiger partial charge in [0.25, 0.3) is 0 Å². The van der Waals surface area contributed by atoms with Crippen LogP contribution in [-0.2, 0) is 32.0 Å². The third-order valence-corrected chi connectivity index (χ3v) is 8.86. The number of amides is 2. The monoisotopic (exact) mass is 658 g/mol. The van der Waals surface area contributed by atoms with Crippen molar-refractivity contribution in [1.29, 1.82) is 0 Å². The van der Waals surface area contributed by atoms with Gasteiger partial charge in [-0.25, -0.2) is 4.79 Å². The molecular formula is C34H41F3N4O6. The molecule has 2 amide bonds. The number of ether oxygens (including phenoxy) is 1. The molecule has 3 aromatic rings. The van der Waals surface area contributed by atoms with Crippen LogP contribution < -0.4 is 10.6 Å². The average Bonchev–Trinajstić information content (AvgIpc) is 3.43. The van der Waals surface area contributed by atoms with Crippen molar-refractivity contribution >= 4 is 35.2 Å². The SMILES string of the molecule is CN(C(=O)C(C)(Cc1c[nH]c2ccccc12)NC(=O)OC1CCCCC1C(F)(F)F)C(CNC(CC=O)C(=O)O)Cc1ccccc1. The highest BCUT2D eigenvalue weighted by atomic mass is 19.4. The third-order valence-electron chi connectivity index (χ3n) is 8.86. The predicted octanol–water partition coefficient (Wildman–Crippen LogP) is 5.02. The summed E-state index contributed by atoms with van der Waals surface area (Å²) >= 11 is 0. The number of carbonyl (C=O) groups excluding carboxylic acids is 3. The smallest absolute Gasteiger partial charge is 0.408 e. The molecule has 0 bridgehead atoms. The van der Waals surface area contributed by atoms with Gasteiger partial charge in [-0.1, -0.05) is 55.0 Å². The Balaban J connectivity index is 1.64. The van der Waals surface area contributed by atoms with Crippen molar-refractivity contribution in [3.63, 3.8) is 0 Å². The molecule has 4 N–H and O–H groups in total. The number of aliphatic carboxylic acids is 1. The first kappa shape index (κ1) is 35.5. The molecule has 47 heavy (non-hydrogen) atoms. The van der Waals surface area contributed by atoms with E-state index in [1.54, 1.807) is 6.20 Å². The molecule has 10 nitrogen and oxygen atoms in total. The first-order valence-corrected chi connectivity index (χ1v) is 15.6. The number of aromatic nitrogens is 1. The maximum atomic E-state index is 14.5. The van der Waals surface area contributed by atoms with Crippen LogP contribution in [0.3, 0.4) is 0 Å². The van der Waals surface area contributed by atoms with E-state index in [1.165, 1.54) is 18.9 Å². The van der Waals surface area contributed by atoms with Gasteiger partial charge in [-0.2, -0.15) is 13.2 Å². The van der Waals surface area contributed by atoms with Gasteiger partial charge < -0.3 is 35.2 Å². The van der Waals surface area contributed by atoms with Gasteiger partial charge in [0.15, 0.2) is 0 Å². The Labute approximate surface area is 271 Å². The van der Waals surface area contributed by atoms with Crippen LogP contribution in [0, 0.1) is 5.92 Å². The molecular weight excluding hydrogens is 617 g/mol. The average molecular weight is 659 g/mol. The van der Waals surface area contributed by atoms with Crippen LogP contribution in [0.15, 0.2) is 60.8 Å². The van der Waals surface area contributed by atoms with Crippen LogP contribution >= 0.6 is 0 Å². The fourth-order valence-corrected chi connectivity index (χ4v) is 6.27. The predicted molar refractivity (Wildman–Crippen MR) is 169 cm³/mol. The molecule has 1 fully saturated rings. The largest absolute Gasteiger partial charge is 0.480 e. The molecule has 1 heterocycles. The fourth-order valence-electron chi connectivity index (χ4n) is 6.27. The number of alkyl carbamates (subject to hydrolysis) is 1. The van der Waals surface area contributed by atoms with Crippen molar-refractivity contribution < 1.29 is 42.2 Å². The number of likely N-dealkylation sites (N-methyl/N-ethyl adjacent to an activating group) is 1. The van der Waals surface area contributed by atoms with E-state index < -0.39 is 53.8 Å². The Morgan fingerprint density at radius 1 is 1.09 bits per heavy atom. The van der Waals surface area contributed by atoms with Gasteiger partial charge in [-0.3, -0.25) is 9.59 Å². The zero-order valence-electron chi connectivity index (χ0n) is 26.4. The molecule has 254 valence electrons. The van der Waals surface area contributed by atoms with Crippen LogP contribution in [0.25, 0.3) is 10.9 Å². The lowest BCUT2D eigenvalue weighted by atomic mass is 9.86. The highest BCUT2D eigenvalue weighted by molar-refractivity contribution is 5.91. The summed E-state index contributed by atoms with van der Waals surface area (Å²) in [5, 5.41) is 15.9. The van der Waals surface area contributed by atoms with E-state index in [0.29, 0.717) is 31.1 Å². The lowest BCUT2D eigenvalue weighted by Gasteiger charge is -2.38. The van der Waals surface area contributed by atoms with Crippen molar-refractivity contribution in [2.24, 2.45) is 5.92 Å². The number of hydrogen-bond acceptors (Lipinski definition) is 6. The van der Waals surface area contributed by atoms with Crippen molar-refractivity contribution in [2.45, 2.75) is 81.8 Å². The fraction of sp³-hybridized carbons (Fsp3) is 0.471. The number of rotatable bonds is 14. The van der Waals surface area contributed by atoms with Crippen LogP contribution in [0.2, 0.25) is 0 Å². The van der Waals surface area contributed by atoms with Gasteiger partial charge in [0.05, 0.1) is 5.92 Å². The van der Waals surface area contributed by atoms with E-state index in [0.717, 1.165) is 16.5 Å². The standard InChI is InChI=1S/C34H41F3N4O6/c1-33(19-23-20-38-27-14-8-6-12-25(23)27,40-32(46)47-29-15-9-7-13-26(29)34(35,36)37)31(45)41(2)24(18-22-10-4-3-5-11-22)21-39-28(16-17-42)30(43)44/h3-6,8,10-12,14,17,20,24,26,28-29,38-39H,7,9,13,15-16,18-19,21H2,1-2H3,(H,40,46)(H,43,44). The number of para-hydroxylation sites is 1. The lowest BCUT2D eigenvalue weighted by Crippen LogP contribution is -2.62. The van der Waals surface area contributed by atoms with E-state index in [1.807, 2.05) is 54.6 Å². The summed E-state index contributed by atoms with van der Waals surface area (Å²) in [5.74, 6) is -3.59. The third kappa shape index (κ3) is 9.12. The van der Waals surface area contributed by atoms with Crippen molar-refractivity contribution in [2.75, 3.05) is 13.6 Å². The molecule has 4 rings (SSSR count). The number of halogens is 3. The van der Waals surface area contributed by atoms with Crippen molar-refractivity contribution in [1.82, 2.24) is 20.5 Å². The summed E-state index contributed by atoms with van der Waals surface area (Å²) in [6.45, 7) is 1.49. The number of carboxylic acids is 1. The molecule has 0 saturated heterocycles. The molecule has 1 aromatic heterocycles. The highest BCUT2D eigenvalue weighted by Crippen LogP contribution is 2.39. The maximum Gasteiger partial charge on any atom is 0.408 e. The molecule has 0 spiro atoms. The number of carbonyl (C=O) groups is 4. The molecule has 1 saturated carbocycles. The number of H-pyrrole nitrogens is 1. The first-order chi connectivity index (χ1) is 22.3. The summed E-state index contributed by atoms with van der Waals surface area (Å²) in [5.41, 5.74) is 0.640. The van der Waals surface area contributed by atoms with E-state index in [4.69, 9.17) is 4.74 Å². The minimum atomic E-state index is -4.54. The van der Waals surface area contributed by atoms with Crippen LogP contribution in [0.1, 0.15) is 50.2 Å². The van der Waals surface area contributed by atoms with Gasteiger partial charge in [0, 0.05) is 49.6 Å². The molecule has 13 heteroatoms. The Hall–Kier alpha value is -4.39. The normalized spacial score (nSPS) is 19.3. The molecule has 0 radical (unpaired) electrons. The molecule has 1 aliphatic carbocycles. The van der Waals surface area contributed by atoms with E-state index in [9.17, 15) is 37.5 Å².